The lowest BCUT2D eigenvalue weighted by molar-refractivity contribution is 0.309. The summed E-state index contributed by atoms with van der Waals surface area (Å²) in [5, 5.41) is 11.5. The van der Waals surface area contributed by atoms with E-state index in [0.29, 0.717) is 18.6 Å². The second-order valence-corrected chi connectivity index (χ2v) is 5.35. The van der Waals surface area contributed by atoms with Crippen molar-refractivity contribution in [1.82, 2.24) is 0 Å². The number of halogens is 1. The Balaban J connectivity index is 1.69. The molecule has 0 radical (unpaired) electrons. The third-order valence-corrected chi connectivity index (χ3v) is 3.82. The van der Waals surface area contributed by atoms with E-state index in [4.69, 9.17) is 4.74 Å². The first-order valence-electron chi connectivity index (χ1n) is 7.53. The van der Waals surface area contributed by atoms with Gasteiger partial charge in [0, 0.05) is 11.8 Å². The summed E-state index contributed by atoms with van der Waals surface area (Å²) in [6.07, 6.45) is 0.517. The summed E-state index contributed by atoms with van der Waals surface area (Å²) in [6, 6.07) is 22.3. The summed E-state index contributed by atoms with van der Waals surface area (Å²) in [7, 11) is 0. The molecule has 0 N–H and O–H groups in total. The Bertz CT molecular complexity index is 848. The molecule has 0 bridgehead atoms. The zero-order chi connectivity index (χ0) is 16.1. The van der Waals surface area contributed by atoms with Gasteiger partial charge < -0.3 is 4.74 Å². The lowest BCUT2D eigenvalue weighted by atomic mass is 9.97. The molecule has 0 fully saturated rings. The van der Waals surface area contributed by atoms with Crippen LogP contribution in [-0.2, 0) is 0 Å². The first-order valence-corrected chi connectivity index (χ1v) is 7.53. The zero-order valence-corrected chi connectivity index (χ0v) is 12.6. The molecule has 3 rings (SSSR count). The summed E-state index contributed by atoms with van der Waals surface area (Å²) < 4.78 is 19.1. The van der Waals surface area contributed by atoms with Crippen LogP contribution in [-0.4, -0.2) is 6.61 Å². The van der Waals surface area contributed by atoms with E-state index in [0.717, 1.165) is 16.5 Å². The summed E-state index contributed by atoms with van der Waals surface area (Å²) in [5.41, 5.74) is 0.689. The van der Waals surface area contributed by atoms with Gasteiger partial charge in [-0.15, -0.1) is 0 Å². The van der Waals surface area contributed by atoms with Crippen LogP contribution < -0.4 is 4.74 Å². The molecular weight excluding hydrogens is 289 g/mol. The second-order valence-electron chi connectivity index (χ2n) is 5.35. The fourth-order valence-electron chi connectivity index (χ4n) is 2.64. The van der Waals surface area contributed by atoms with Crippen molar-refractivity contribution in [2.45, 2.75) is 12.3 Å². The van der Waals surface area contributed by atoms with Crippen LogP contribution in [0.5, 0.6) is 5.75 Å². The fourth-order valence-corrected chi connectivity index (χ4v) is 2.64. The van der Waals surface area contributed by atoms with E-state index in [9.17, 15) is 9.65 Å². The Hall–Kier alpha value is -2.86. The van der Waals surface area contributed by atoms with Crippen LogP contribution in [0.2, 0.25) is 0 Å². The van der Waals surface area contributed by atoms with Crippen molar-refractivity contribution in [3.63, 3.8) is 0 Å². The summed E-state index contributed by atoms with van der Waals surface area (Å²) in [4.78, 5) is 0. The number of nitrogens with zero attached hydrogens (tertiary/aromatic N) is 1. The van der Waals surface area contributed by atoms with Gasteiger partial charge in [0.05, 0.1) is 18.6 Å². The molecule has 0 aliphatic heterocycles. The standard InChI is InChI=1S/C20H16FNO/c21-18-8-3-7-16(13-18)17(14-22)11-12-23-20-10-4-6-15-5-1-2-9-19(15)20/h1-10,13,17H,11-12H2. The molecule has 114 valence electrons. The van der Waals surface area contributed by atoms with Crippen molar-refractivity contribution in [2.75, 3.05) is 6.61 Å². The molecule has 0 saturated carbocycles. The van der Waals surface area contributed by atoms with Crippen LogP contribution >= 0.6 is 0 Å². The lowest BCUT2D eigenvalue weighted by Gasteiger charge is -2.12. The Labute approximate surface area is 134 Å². The van der Waals surface area contributed by atoms with E-state index in [-0.39, 0.29) is 11.7 Å². The van der Waals surface area contributed by atoms with Crippen molar-refractivity contribution in [1.29, 1.82) is 5.26 Å². The molecule has 23 heavy (non-hydrogen) atoms. The Morgan fingerprint density at radius 1 is 1.00 bits per heavy atom. The maximum absolute atomic E-state index is 13.3. The molecule has 0 aromatic heterocycles. The maximum atomic E-state index is 13.3. The molecule has 0 heterocycles. The van der Waals surface area contributed by atoms with Crippen LogP contribution in [0.4, 0.5) is 4.39 Å². The Kier molecular flexibility index (Phi) is 4.54. The van der Waals surface area contributed by atoms with Crippen LogP contribution in [0, 0.1) is 17.1 Å². The van der Waals surface area contributed by atoms with E-state index in [1.807, 2.05) is 42.5 Å². The molecule has 3 heteroatoms. The molecule has 0 spiro atoms. The van der Waals surface area contributed by atoms with Gasteiger partial charge in [-0.25, -0.2) is 4.39 Å². The van der Waals surface area contributed by atoms with Crippen molar-refractivity contribution in [3.8, 4) is 11.8 Å². The SMILES string of the molecule is N#CC(CCOc1cccc2ccccc12)c1cccc(F)c1. The number of benzene rings is 3. The monoisotopic (exact) mass is 305 g/mol. The number of hydrogen-bond donors (Lipinski definition) is 0. The fraction of sp³-hybridized carbons (Fsp3) is 0.150. The first-order chi connectivity index (χ1) is 11.3. The number of rotatable bonds is 5. The largest absolute Gasteiger partial charge is 0.493 e. The molecular formula is C20H16FNO. The first kappa shape index (κ1) is 15.1. The predicted octanol–water partition coefficient (Wildman–Crippen LogP) is 5.06. The summed E-state index contributed by atoms with van der Waals surface area (Å²) in [5.74, 6) is 0.109. The number of hydrogen-bond acceptors (Lipinski definition) is 2. The Morgan fingerprint density at radius 2 is 1.78 bits per heavy atom. The number of fused-ring (bicyclic) bond motifs is 1. The van der Waals surface area contributed by atoms with Gasteiger partial charge in [0.25, 0.3) is 0 Å². The minimum Gasteiger partial charge on any atom is -0.493 e. The van der Waals surface area contributed by atoms with E-state index < -0.39 is 0 Å². The van der Waals surface area contributed by atoms with Gasteiger partial charge in [-0.1, -0.05) is 48.5 Å². The van der Waals surface area contributed by atoms with Crippen LogP contribution in [0.15, 0.2) is 66.7 Å². The minimum atomic E-state index is -0.374. The molecule has 2 nitrogen and oxygen atoms in total. The smallest absolute Gasteiger partial charge is 0.127 e. The van der Waals surface area contributed by atoms with Crippen LogP contribution in [0.3, 0.4) is 0 Å². The average molecular weight is 305 g/mol. The van der Waals surface area contributed by atoms with Crippen molar-refractivity contribution < 1.29 is 9.13 Å². The van der Waals surface area contributed by atoms with Gasteiger partial charge >= 0.3 is 0 Å². The highest BCUT2D eigenvalue weighted by Gasteiger charge is 2.12. The van der Waals surface area contributed by atoms with Crippen molar-refractivity contribution in [2.24, 2.45) is 0 Å². The van der Waals surface area contributed by atoms with Crippen molar-refractivity contribution in [3.05, 3.63) is 78.1 Å². The molecule has 0 aliphatic carbocycles. The molecule has 3 aromatic rings. The number of nitriles is 1. The molecule has 0 saturated heterocycles. The topological polar surface area (TPSA) is 33.0 Å². The Morgan fingerprint density at radius 3 is 2.61 bits per heavy atom. The number of ether oxygens (including phenoxy) is 1. The average Bonchev–Trinajstić information content (AvgIpc) is 2.59. The molecule has 1 unspecified atom stereocenters. The van der Waals surface area contributed by atoms with Crippen LogP contribution in [0.1, 0.15) is 17.9 Å². The van der Waals surface area contributed by atoms with E-state index in [2.05, 4.69) is 6.07 Å². The van der Waals surface area contributed by atoms with Gasteiger partial charge in [0.15, 0.2) is 0 Å². The quantitative estimate of drug-likeness (QED) is 0.660. The van der Waals surface area contributed by atoms with Gasteiger partial charge in [-0.2, -0.15) is 5.26 Å². The van der Waals surface area contributed by atoms with Gasteiger partial charge in [-0.05, 0) is 29.1 Å². The van der Waals surface area contributed by atoms with Gasteiger partial charge in [0.2, 0.25) is 0 Å². The predicted molar refractivity (Wildman–Crippen MR) is 88.8 cm³/mol. The molecule has 0 aliphatic rings. The minimum absolute atomic E-state index is 0.322. The highest BCUT2D eigenvalue weighted by atomic mass is 19.1. The third kappa shape index (κ3) is 3.49. The highest BCUT2D eigenvalue weighted by Crippen LogP contribution is 2.26. The molecule has 1 atom stereocenters. The van der Waals surface area contributed by atoms with Crippen LogP contribution in [0.25, 0.3) is 10.8 Å². The van der Waals surface area contributed by atoms with E-state index in [1.54, 1.807) is 12.1 Å². The highest BCUT2D eigenvalue weighted by molar-refractivity contribution is 5.88. The van der Waals surface area contributed by atoms with Crippen molar-refractivity contribution >= 4 is 10.8 Å². The normalized spacial score (nSPS) is 11.8. The summed E-state index contributed by atoms with van der Waals surface area (Å²) in [6.45, 7) is 0.406. The molecule has 3 aromatic carbocycles. The van der Waals surface area contributed by atoms with E-state index in [1.165, 1.54) is 12.1 Å². The van der Waals surface area contributed by atoms with E-state index >= 15 is 0 Å². The third-order valence-electron chi connectivity index (χ3n) is 3.82. The maximum Gasteiger partial charge on any atom is 0.127 e. The zero-order valence-electron chi connectivity index (χ0n) is 12.6. The summed E-state index contributed by atoms with van der Waals surface area (Å²) >= 11 is 0. The second kappa shape index (κ2) is 6.93. The van der Waals surface area contributed by atoms with Gasteiger partial charge in [0.1, 0.15) is 11.6 Å². The van der Waals surface area contributed by atoms with Gasteiger partial charge in [-0.3, -0.25) is 0 Å². The lowest BCUT2D eigenvalue weighted by Crippen LogP contribution is -2.05. The molecule has 0 amide bonds.